The molecule has 0 radical (unpaired) electrons. The first-order valence-corrected chi connectivity index (χ1v) is 23.6. The van der Waals surface area contributed by atoms with Gasteiger partial charge in [-0.25, -0.2) is 22.8 Å². The summed E-state index contributed by atoms with van der Waals surface area (Å²) in [6, 6.07) is 21.1. The number of aliphatic carboxylic acids is 4. The van der Waals surface area contributed by atoms with Crippen molar-refractivity contribution in [2.75, 3.05) is 65.1 Å². The Morgan fingerprint density at radius 3 is 1.47 bits per heavy atom. The Labute approximate surface area is 402 Å². The van der Waals surface area contributed by atoms with Gasteiger partial charge in [0.05, 0.1) is 50.4 Å². The van der Waals surface area contributed by atoms with Crippen LogP contribution in [-0.2, 0) is 62.0 Å². The van der Waals surface area contributed by atoms with Crippen LogP contribution in [0.3, 0.4) is 0 Å². The maximum Gasteiger partial charge on any atom is 0.343 e. The van der Waals surface area contributed by atoms with Gasteiger partial charge in [-0.1, -0.05) is 24.3 Å². The molecule has 9 N–H and O–H groups in total. The Balaban J connectivity index is 1.59. The zero-order valence-electron chi connectivity index (χ0n) is 37.7. The zero-order chi connectivity index (χ0) is 51.8. The van der Waals surface area contributed by atoms with E-state index in [1.807, 2.05) is 0 Å². The molecule has 26 heteroatoms. The molecule has 0 aliphatic heterocycles. The van der Waals surface area contributed by atoms with Crippen LogP contribution in [0.25, 0.3) is 0 Å². The summed E-state index contributed by atoms with van der Waals surface area (Å²) in [4.78, 5) is 69.8. The minimum absolute atomic E-state index is 0.0179. The van der Waals surface area contributed by atoms with Crippen molar-refractivity contribution in [2.45, 2.75) is 36.8 Å². The number of benzene rings is 4. The smallest absolute Gasteiger partial charge is 0.343 e. The molecule has 4 rings (SSSR count). The van der Waals surface area contributed by atoms with E-state index in [1.165, 1.54) is 97.1 Å². The fraction of sp³-hybridized carbons (Fsp3) is 0.318. The molecule has 0 saturated carbocycles. The van der Waals surface area contributed by atoms with Crippen LogP contribution in [0.1, 0.15) is 44.7 Å². The number of carbonyl (C=O) groups excluding carboxylic acids is 2. The maximum absolute atomic E-state index is 14.7. The second kappa shape index (κ2) is 25.0. The SMILES string of the molecule is CN(Cc1ccc(OC(=O)c2ccc(N)cc2)cc1)S(=O)(=O)N(CCOCCOCCNC(CC(=O)O)C(=O)O)C(CC(=O)O)(C(=O)O)S(=O)(=O)N(C)Cc1ccc(OC(=O)c2ccc(N)cc2)cc1. The Hall–Kier alpha value is -7.04. The number of sulfonamides is 1. The molecule has 0 amide bonds. The quantitative estimate of drug-likeness (QED) is 0.0175. The predicted octanol–water partition coefficient (Wildman–Crippen LogP) is 1.54. The number of esters is 2. The minimum atomic E-state index is -5.58. The molecule has 0 spiro atoms. The van der Waals surface area contributed by atoms with Gasteiger partial charge in [-0.3, -0.25) is 14.4 Å². The number of anilines is 2. The van der Waals surface area contributed by atoms with Gasteiger partial charge in [-0.2, -0.15) is 21.3 Å². The Bertz CT molecular complexity index is 2690. The summed E-state index contributed by atoms with van der Waals surface area (Å²) in [6.07, 6.45) is -2.50. The largest absolute Gasteiger partial charge is 0.481 e. The molecule has 2 atom stereocenters. The number of carboxylic acid groups (broad SMARTS) is 4. The van der Waals surface area contributed by atoms with Gasteiger partial charge >= 0.3 is 35.8 Å². The van der Waals surface area contributed by atoms with Crippen LogP contribution in [0, 0.1) is 0 Å². The van der Waals surface area contributed by atoms with Crippen molar-refractivity contribution in [3.63, 3.8) is 0 Å². The van der Waals surface area contributed by atoms with Crippen molar-refractivity contribution >= 4 is 67.4 Å². The average Bonchev–Trinajstić information content (AvgIpc) is 3.29. The van der Waals surface area contributed by atoms with E-state index in [9.17, 15) is 60.9 Å². The van der Waals surface area contributed by atoms with Crippen LogP contribution in [0.5, 0.6) is 11.5 Å². The molecule has 4 aromatic rings. The highest BCUT2D eigenvalue weighted by Crippen LogP contribution is 2.35. The van der Waals surface area contributed by atoms with Crippen molar-refractivity contribution in [1.82, 2.24) is 18.2 Å². The summed E-state index contributed by atoms with van der Waals surface area (Å²) < 4.78 is 81.4. The number of nitrogens with two attached hydrogens (primary N) is 2. The summed E-state index contributed by atoms with van der Waals surface area (Å²) in [6.45, 7) is -3.69. The van der Waals surface area contributed by atoms with Gasteiger partial charge in [0.15, 0.2) is 0 Å². The lowest BCUT2D eigenvalue weighted by molar-refractivity contribution is -0.150. The maximum atomic E-state index is 14.7. The molecule has 0 fully saturated rings. The Morgan fingerprint density at radius 1 is 0.614 bits per heavy atom. The fourth-order valence-corrected chi connectivity index (χ4v) is 10.2. The number of hydrogen-bond donors (Lipinski definition) is 7. The topological polar surface area (TPSA) is 362 Å². The lowest BCUT2D eigenvalue weighted by Gasteiger charge is -2.41. The molecule has 0 aliphatic rings. The Morgan fingerprint density at radius 2 is 1.06 bits per heavy atom. The number of carbonyl (C=O) groups is 6. The number of nitrogen functional groups attached to an aromatic ring is 2. The Kier molecular flexibility index (Phi) is 19.8. The highest BCUT2D eigenvalue weighted by Gasteiger charge is 2.63. The minimum Gasteiger partial charge on any atom is -0.481 e. The van der Waals surface area contributed by atoms with Crippen molar-refractivity contribution in [1.29, 1.82) is 0 Å². The van der Waals surface area contributed by atoms with E-state index in [-0.39, 0.29) is 64.4 Å². The van der Waals surface area contributed by atoms with E-state index in [1.54, 1.807) is 0 Å². The summed E-state index contributed by atoms with van der Waals surface area (Å²) in [5.74, 6) is -8.48. The van der Waals surface area contributed by atoms with Crippen LogP contribution in [0.4, 0.5) is 11.4 Å². The lowest BCUT2D eigenvalue weighted by atomic mass is 10.2. The monoisotopic (exact) mass is 1020 g/mol. The molecule has 0 aliphatic carbocycles. The number of rotatable bonds is 29. The predicted molar refractivity (Wildman–Crippen MR) is 248 cm³/mol. The molecule has 0 heterocycles. The van der Waals surface area contributed by atoms with Crippen molar-refractivity contribution in [2.24, 2.45) is 0 Å². The number of ether oxygens (including phenoxy) is 4. The molecule has 0 aromatic heterocycles. The second-order valence-electron chi connectivity index (χ2n) is 15.2. The number of hydrogen-bond acceptors (Lipinski definition) is 17. The molecular weight excluding hydrogens is 965 g/mol. The van der Waals surface area contributed by atoms with Gasteiger partial charge in [-0.05, 0) is 83.9 Å². The molecule has 70 heavy (non-hydrogen) atoms. The standard InChI is InChI=1S/C44H52N6O18S2/c1-48(27-29-3-15-35(16-4-29)67-41(57)31-7-11-33(45)12-8-31)69(61,62)44(43(59)60,26-39(53)54)50(20-22-66-24-23-65-21-19-47-37(40(55)56)25-38(51)52)70(63,64)49(2)28-30-5-17-36(18-6-30)68-42(58)32-9-13-34(46)14-10-32/h3-18,37,47H,19-28,45-46H2,1-2H3,(H,51,52)(H,53,54)(H,55,56)(H,59,60). The van der Waals surface area contributed by atoms with Crippen LogP contribution in [-0.4, -0.2) is 151 Å². The number of carboxylic acids is 4. The normalized spacial score (nSPS) is 13.1. The summed E-state index contributed by atoms with van der Waals surface area (Å²) >= 11 is 0. The van der Waals surface area contributed by atoms with Crippen LogP contribution in [0.2, 0.25) is 0 Å². The second-order valence-corrected chi connectivity index (χ2v) is 19.4. The van der Waals surface area contributed by atoms with Crippen LogP contribution < -0.4 is 26.3 Å². The van der Waals surface area contributed by atoms with Crippen LogP contribution >= 0.6 is 0 Å². The van der Waals surface area contributed by atoms with Gasteiger partial charge in [0.25, 0.3) is 15.1 Å². The third kappa shape index (κ3) is 15.0. The van der Waals surface area contributed by atoms with Crippen molar-refractivity contribution < 1.29 is 85.0 Å². The third-order valence-electron chi connectivity index (χ3n) is 10.1. The van der Waals surface area contributed by atoms with E-state index in [0.717, 1.165) is 14.1 Å². The zero-order valence-corrected chi connectivity index (χ0v) is 39.3. The summed E-state index contributed by atoms with van der Waals surface area (Å²) in [5.41, 5.74) is 13.0. The molecular formula is C44H52N6O18S2. The van der Waals surface area contributed by atoms with Crippen molar-refractivity contribution in [3.05, 3.63) is 119 Å². The molecule has 24 nitrogen and oxygen atoms in total. The third-order valence-corrected chi connectivity index (χ3v) is 14.6. The van der Waals surface area contributed by atoms with E-state index in [0.29, 0.717) is 20.0 Å². The van der Waals surface area contributed by atoms with E-state index < -0.39 is 106 Å². The molecule has 2 unspecified atom stereocenters. The first-order valence-electron chi connectivity index (χ1n) is 20.8. The van der Waals surface area contributed by atoms with Gasteiger partial charge in [0.1, 0.15) is 17.5 Å². The van der Waals surface area contributed by atoms with E-state index >= 15 is 0 Å². The average molecular weight is 1020 g/mol. The van der Waals surface area contributed by atoms with E-state index in [4.69, 9.17) is 35.5 Å². The highest BCUT2D eigenvalue weighted by molar-refractivity contribution is 7.93. The summed E-state index contributed by atoms with van der Waals surface area (Å²) in [5, 5.41) is 41.6. The number of nitrogens with zero attached hydrogens (tertiary/aromatic N) is 3. The van der Waals surface area contributed by atoms with Gasteiger partial charge in [0, 0.05) is 51.6 Å². The van der Waals surface area contributed by atoms with E-state index in [2.05, 4.69) is 5.32 Å². The fourth-order valence-electron chi connectivity index (χ4n) is 6.49. The van der Waals surface area contributed by atoms with Gasteiger partial charge < -0.3 is 56.2 Å². The molecule has 0 saturated heterocycles. The summed E-state index contributed by atoms with van der Waals surface area (Å²) in [7, 11) is -8.98. The lowest BCUT2D eigenvalue weighted by Crippen LogP contribution is -2.67. The molecule has 4 aromatic carbocycles. The van der Waals surface area contributed by atoms with Crippen molar-refractivity contribution in [3.8, 4) is 11.5 Å². The van der Waals surface area contributed by atoms with Gasteiger partial charge in [-0.15, -0.1) is 0 Å². The molecule has 378 valence electrons. The first-order chi connectivity index (χ1) is 33.0. The highest BCUT2D eigenvalue weighted by atomic mass is 32.2. The molecule has 0 bridgehead atoms. The first kappa shape index (κ1) is 55.6. The van der Waals surface area contributed by atoms with Crippen LogP contribution in [0.15, 0.2) is 97.1 Å². The van der Waals surface area contributed by atoms with Gasteiger partial charge in [0.2, 0.25) is 10.0 Å². The number of nitrogens with one attached hydrogen (secondary N) is 1.